The van der Waals surface area contributed by atoms with Crippen molar-refractivity contribution in [2.45, 2.75) is 71.1 Å². The van der Waals surface area contributed by atoms with Crippen LogP contribution in [0.3, 0.4) is 0 Å². The molecule has 0 fully saturated rings. The number of carbonyl (C=O) groups is 1. The van der Waals surface area contributed by atoms with Gasteiger partial charge in [-0.15, -0.1) is 0 Å². The Morgan fingerprint density at radius 3 is 2.14 bits per heavy atom. The number of nitrogens with zero attached hydrogens (tertiary/aromatic N) is 3. The van der Waals surface area contributed by atoms with Crippen LogP contribution in [-0.4, -0.2) is 21.0 Å². The van der Waals surface area contributed by atoms with Gasteiger partial charge in [0, 0.05) is 12.1 Å². The fourth-order valence-electron chi connectivity index (χ4n) is 3.24. The van der Waals surface area contributed by atoms with Crippen molar-refractivity contribution in [1.82, 2.24) is 9.78 Å². The van der Waals surface area contributed by atoms with Gasteiger partial charge in [0.15, 0.2) is 6.29 Å². The van der Waals surface area contributed by atoms with Crippen molar-refractivity contribution in [2.24, 2.45) is 0 Å². The minimum Gasteiger partial charge on any atom is -0.298 e. The largest absolute Gasteiger partial charge is 0.298 e. The molecule has 1 aromatic heterocycles. The van der Waals surface area contributed by atoms with Gasteiger partial charge in [-0.05, 0) is 25.0 Å². The molecule has 6 nitrogen and oxygen atoms in total. The van der Waals surface area contributed by atoms with Crippen LogP contribution in [0, 0.1) is 10.1 Å². The van der Waals surface area contributed by atoms with Gasteiger partial charge in [0.25, 0.3) is 5.69 Å². The van der Waals surface area contributed by atoms with Crippen molar-refractivity contribution in [3.05, 3.63) is 50.8 Å². The molecule has 0 amide bonds. The van der Waals surface area contributed by atoms with Gasteiger partial charge in [0.1, 0.15) is 5.15 Å². The van der Waals surface area contributed by atoms with Crippen LogP contribution in [0.25, 0.3) is 5.69 Å². The molecule has 0 aliphatic heterocycles. The summed E-state index contributed by atoms with van der Waals surface area (Å²) in [7, 11) is 0. The smallest absolute Gasteiger partial charge is 0.269 e. The molecule has 152 valence electrons. The van der Waals surface area contributed by atoms with Crippen molar-refractivity contribution < 1.29 is 9.72 Å². The Morgan fingerprint density at radius 2 is 1.61 bits per heavy atom. The molecule has 1 aromatic carbocycles. The first-order valence-corrected chi connectivity index (χ1v) is 10.4. The van der Waals surface area contributed by atoms with E-state index in [0.717, 1.165) is 19.1 Å². The van der Waals surface area contributed by atoms with Crippen molar-refractivity contribution in [1.29, 1.82) is 0 Å². The highest BCUT2D eigenvalue weighted by atomic mass is 35.5. The number of aromatic nitrogens is 2. The van der Waals surface area contributed by atoms with Crippen LogP contribution in [0.1, 0.15) is 80.8 Å². The molecule has 2 rings (SSSR count). The van der Waals surface area contributed by atoms with Crippen LogP contribution in [0.5, 0.6) is 0 Å². The molecule has 1 heterocycles. The number of aldehydes is 1. The molecule has 0 unspecified atom stereocenters. The second kappa shape index (κ2) is 11.6. The average Bonchev–Trinajstić information content (AvgIpc) is 3.02. The number of nitro benzene ring substituents is 1. The molecular formula is C21H28ClN3O3. The van der Waals surface area contributed by atoms with Crippen LogP contribution in [0.15, 0.2) is 24.3 Å². The van der Waals surface area contributed by atoms with Crippen molar-refractivity contribution in [3.63, 3.8) is 0 Å². The van der Waals surface area contributed by atoms with Gasteiger partial charge in [-0.3, -0.25) is 14.9 Å². The van der Waals surface area contributed by atoms with Gasteiger partial charge < -0.3 is 0 Å². The van der Waals surface area contributed by atoms with Crippen molar-refractivity contribution in [2.75, 3.05) is 0 Å². The van der Waals surface area contributed by atoms with E-state index in [9.17, 15) is 14.9 Å². The van der Waals surface area contributed by atoms with E-state index in [0.29, 0.717) is 23.4 Å². The second-order valence-electron chi connectivity index (χ2n) is 7.03. The zero-order chi connectivity index (χ0) is 20.4. The lowest BCUT2D eigenvalue weighted by molar-refractivity contribution is -0.384. The standard InChI is InChI=1S/C21H28ClN3O3/c1-2-3-4-5-6-7-8-9-10-11-20-19(16-26)21(22)24(23-20)17-12-14-18(15-13-17)25(27)28/h12-16H,2-11H2,1H3. The number of benzene rings is 1. The maximum atomic E-state index is 11.5. The number of unbranched alkanes of at least 4 members (excludes halogenated alkanes) is 8. The van der Waals surface area contributed by atoms with Crippen LogP contribution in [0.4, 0.5) is 5.69 Å². The summed E-state index contributed by atoms with van der Waals surface area (Å²) in [5.41, 5.74) is 1.68. The van der Waals surface area contributed by atoms with Crippen LogP contribution in [-0.2, 0) is 6.42 Å². The molecule has 28 heavy (non-hydrogen) atoms. The molecule has 0 saturated heterocycles. The Balaban J connectivity index is 1.90. The summed E-state index contributed by atoms with van der Waals surface area (Å²) in [6.45, 7) is 2.22. The SMILES string of the molecule is CCCCCCCCCCCc1nn(-c2ccc([N+](=O)[O-])cc2)c(Cl)c1C=O. The fourth-order valence-corrected chi connectivity index (χ4v) is 3.53. The van der Waals surface area contributed by atoms with Crippen LogP contribution in [0.2, 0.25) is 5.15 Å². The molecule has 0 atom stereocenters. The zero-order valence-corrected chi connectivity index (χ0v) is 17.2. The van der Waals surface area contributed by atoms with Crippen molar-refractivity contribution >= 4 is 23.6 Å². The lowest BCUT2D eigenvalue weighted by Crippen LogP contribution is -1.98. The summed E-state index contributed by atoms with van der Waals surface area (Å²) in [5.74, 6) is 0. The summed E-state index contributed by atoms with van der Waals surface area (Å²) in [4.78, 5) is 21.8. The summed E-state index contributed by atoms with van der Waals surface area (Å²) >= 11 is 6.32. The predicted molar refractivity (Wildman–Crippen MR) is 112 cm³/mol. The summed E-state index contributed by atoms with van der Waals surface area (Å²) in [5, 5.41) is 15.5. The van der Waals surface area contributed by atoms with E-state index < -0.39 is 4.92 Å². The Kier molecular flexibility index (Phi) is 9.14. The number of halogens is 1. The molecule has 0 bridgehead atoms. The van der Waals surface area contributed by atoms with E-state index in [1.807, 2.05) is 0 Å². The van der Waals surface area contributed by atoms with E-state index in [1.165, 1.54) is 61.8 Å². The van der Waals surface area contributed by atoms with Gasteiger partial charge in [0.05, 0.1) is 21.9 Å². The molecule has 0 N–H and O–H groups in total. The highest BCUT2D eigenvalue weighted by Crippen LogP contribution is 2.25. The van der Waals surface area contributed by atoms with E-state index in [4.69, 9.17) is 11.6 Å². The second-order valence-corrected chi connectivity index (χ2v) is 7.39. The minimum absolute atomic E-state index is 0.00226. The molecule has 0 saturated carbocycles. The number of hydrogen-bond donors (Lipinski definition) is 0. The van der Waals surface area contributed by atoms with E-state index in [2.05, 4.69) is 12.0 Å². The Labute approximate surface area is 171 Å². The third-order valence-corrected chi connectivity index (χ3v) is 5.24. The first kappa shape index (κ1) is 22.1. The molecule has 7 heteroatoms. The summed E-state index contributed by atoms with van der Waals surface area (Å²) in [6.07, 6.45) is 12.5. The van der Waals surface area contributed by atoms with Gasteiger partial charge >= 0.3 is 0 Å². The van der Waals surface area contributed by atoms with Gasteiger partial charge in [0.2, 0.25) is 0 Å². The molecule has 2 aromatic rings. The number of aryl methyl sites for hydroxylation is 1. The predicted octanol–water partition coefficient (Wildman–Crippen LogP) is 6.32. The molecule has 0 radical (unpaired) electrons. The Morgan fingerprint density at radius 1 is 1.04 bits per heavy atom. The maximum absolute atomic E-state index is 11.5. The van der Waals surface area contributed by atoms with E-state index in [1.54, 1.807) is 12.1 Å². The number of rotatable bonds is 13. The Bertz CT molecular complexity index is 772. The lowest BCUT2D eigenvalue weighted by atomic mass is 10.1. The van der Waals surface area contributed by atoms with Crippen LogP contribution < -0.4 is 0 Å². The number of nitro groups is 1. The zero-order valence-electron chi connectivity index (χ0n) is 16.4. The molecule has 0 spiro atoms. The fraction of sp³-hybridized carbons (Fsp3) is 0.524. The van der Waals surface area contributed by atoms with E-state index in [-0.39, 0.29) is 10.8 Å². The third-order valence-electron chi connectivity index (χ3n) is 4.88. The van der Waals surface area contributed by atoms with Gasteiger partial charge in [-0.2, -0.15) is 5.10 Å². The summed E-state index contributed by atoms with van der Waals surface area (Å²) in [6, 6.07) is 5.95. The maximum Gasteiger partial charge on any atom is 0.269 e. The molecule has 0 aliphatic rings. The average molecular weight is 406 g/mol. The monoisotopic (exact) mass is 405 g/mol. The first-order valence-electron chi connectivity index (χ1n) is 10.1. The Hall–Kier alpha value is -2.21. The van der Waals surface area contributed by atoms with Crippen LogP contribution >= 0.6 is 11.6 Å². The summed E-state index contributed by atoms with van der Waals surface area (Å²) < 4.78 is 1.47. The van der Waals surface area contributed by atoms with Crippen molar-refractivity contribution in [3.8, 4) is 5.69 Å². The molecule has 0 aliphatic carbocycles. The number of carbonyl (C=O) groups excluding carboxylic acids is 1. The quantitative estimate of drug-likeness (QED) is 0.169. The highest BCUT2D eigenvalue weighted by molar-refractivity contribution is 6.32. The normalized spacial score (nSPS) is 10.9. The number of non-ortho nitro benzene ring substituents is 1. The van der Waals surface area contributed by atoms with Gasteiger partial charge in [-0.25, -0.2) is 4.68 Å². The lowest BCUT2D eigenvalue weighted by Gasteiger charge is -2.02. The number of hydrogen-bond acceptors (Lipinski definition) is 4. The molecular weight excluding hydrogens is 378 g/mol. The third kappa shape index (κ3) is 6.16. The van der Waals surface area contributed by atoms with Gasteiger partial charge in [-0.1, -0.05) is 69.9 Å². The first-order chi connectivity index (χ1) is 13.6. The highest BCUT2D eigenvalue weighted by Gasteiger charge is 2.17. The van der Waals surface area contributed by atoms with E-state index >= 15 is 0 Å². The topological polar surface area (TPSA) is 78.0 Å². The minimum atomic E-state index is -0.458.